The average molecular weight is 452 g/mol. The zero-order valence-corrected chi connectivity index (χ0v) is 18.4. The van der Waals surface area contributed by atoms with Crippen LogP contribution in [0.15, 0.2) is 83.8 Å². The molecule has 32 heavy (non-hydrogen) atoms. The van der Waals surface area contributed by atoms with E-state index in [0.717, 1.165) is 11.1 Å². The SMILES string of the molecule is O=C(Nc1ccc(Cn2ccccc2=O)cc1)C(c1ccccc1)N1CCS(=O)(=O)CC1. The van der Waals surface area contributed by atoms with Crippen LogP contribution in [0.25, 0.3) is 0 Å². The Balaban J connectivity index is 1.49. The van der Waals surface area contributed by atoms with E-state index >= 15 is 0 Å². The third-order valence-electron chi connectivity index (χ3n) is 5.58. The van der Waals surface area contributed by atoms with Crippen LogP contribution in [0.3, 0.4) is 0 Å². The van der Waals surface area contributed by atoms with Crippen molar-refractivity contribution in [3.63, 3.8) is 0 Å². The Hall–Kier alpha value is -3.23. The van der Waals surface area contributed by atoms with Crippen LogP contribution in [0.1, 0.15) is 17.2 Å². The lowest BCUT2D eigenvalue weighted by Gasteiger charge is -2.33. The predicted octanol–water partition coefficient (Wildman–Crippen LogP) is 2.31. The molecule has 1 aromatic heterocycles. The first-order chi connectivity index (χ1) is 15.4. The predicted molar refractivity (Wildman–Crippen MR) is 124 cm³/mol. The number of sulfone groups is 1. The number of hydrogen-bond acceptors (Lipinski definition) is 5. The molecule has 1 amide bonds. The summed E-state index contributed by atoms with van der Waals surface area (Å²) in [6.07, 6.45) is 1.74. The third-order valence-corrected chi connectivity index (χ3v) is 7.19. The van der Waals surface area contributed by atoms with Gasteiger partial charge in [-0.05, 0) is 29.3 Å². The summed E-state index contributed by atoms with van der Waals surface area (Å²) in [5, 5.41) is 2.96. The minimum absolute atomic E-state index is 0.0527. The highest BCUT2D eigenvalue weighted by Gasteiger charge is 2.32. The second-order valence-electron chi connectivity index (χ2n) is 7.85. The molecule has 0 saturated carbocycles. The fraction of sp³-hybridized carbons (Fsp3) is 0.250. The van der Waals surface area contributed by atoms with Gasteiger partial charge in [-0.2, -0.15) is 0 Å². The van der Waals surface area contributed by atoms with Crippen molar-refractivity contribution in [1.29, 1.82) is 0 Å². The van der Waals surface area contributed by atoms with Crippen LogP contribution in [0.4, 0.5) is 5.69 Å². The molecule has 1 N–H and O–H groups in total. The van der Waals surface area contributed by atoms with E-state index in [1.165, 1.54) is 6.07 Å². The molecule has 1 atom stereocenters. The quantitative estimate of drug-likeness (QED) is 0.621. The minimum atomic E-state index is -3.05. The number of carbonyl (C=O) groups is 1. The van der Waals surface area contributed by atoms with E-state index in [2.05, 4.69) is 5.32 Å². The van der Waals surface area contributed by atoms with E-state index in [9.17, 15) is 18.0 Å². The van der Waals surface area contributed by atoms with Crippen LogP contribution in [0.2, 0.25) is 0 Å². The fourth-order valence-electron chi connectivity index (χ4n) is 3.84. The van der Waals surface area contributed by atoms with Crippen molar-refractivity contribution in [2.75, 3.05) is 29.9 Å². The molecule has 7 nitrogen and oxygen atoms in total. The Morgan fingerprint density at radius 3 is 2.22 bits per heavy atom. The van der Waals surface area contributed by atoms with Gasteiger partial charge >= 0.3 is 0 Å². The number of carbonyl (C=O) groups excluding carboxylic acids is 1. The number of nitrogens with one attached hydrogen (secondary N) is 1. The van der Waals surface area contributed by atoms with Gasteiger partial charge in [-0.1, -0.05) is 48.5 Å². The second-order valence-corrected chi connectivity index (χ2v) is 10.2. The van der Waals surface area contributed by atoms with E-state index in [4.69, 9.17) is 0 Å². The Morgan fingerprint density at radius 2 is 1.56 bits per heavy atom. The first-order valence-corrected chi connectivity index (χ1v) is 12.3. The molecule has 4 rings (SSSR count). The number of pyridine rings is 1. The Labute approximate surface area is 187 Å². The van der Waals surface area contributed by atoms with Gasteiger partial charge in [0.25, 0.3) is 5.56 Å². The number of aromatic nitrogens is 1. The normalized spacial score (nSPS) is 16.9. The van der Waals surface area contributed by atoms with Crippen LogP contribution in [0, 0.1) is 0 Å². The van der Waals surface area contributed by atoms with Crippen LogP contribution in [-0.2, 0) is 21.2 Å². The Morgan fingerprint density at radius 1 is 0.906 bits per heavy atom. The summed E-state index contributed by atoms with van der Waals surface area (Å²) in [4.78, 5) is 27.1. The van der Waals surface area contributed by atoms with E-state index in [1.807, 2.05) is 65.6 Å². The van der Waals surface area contributed by atoms with E-state index in [1.54, 1.807) is 16.8 Å². The average Bonchev–Trinajstić information content (AvgIpc) is 2.79. The zero-order chi connectivity index (χ0) is 22.6. The van der Waals surface area contributed by atoms with E-state index < -0.39 is 15.9 Å². The number of amides is 1. The lowest BCUT2D eigenvalue weighted by molar-refractivity contribution is -0.121. The molecule has 1 unspecified atom stereocenters. The summed E-state index contributed by atoms with van der Waals surface area (Å²) in [6, 6.07) is 21.2. The van der Waals surface area contributed by atoms with Crippen molar-refractivity contribution in [2.45, 2.75) is 12.6 Å². The van der Waals surface area contributed by atoms with Gasteiger partial charge in [-0.15, -0.1) is 0 Å². The molecule has 2 aromatic carbocycles. The van der Waals surface area contributed by atoms with Crippen molar-refractivity contribution < 1.29 is 13.2 Å². The highest BCUT2D eigenvalue weighted by molar-refractivity contribution is 7.91. The third kappa shape index (κ3) is 5.33. The van der Waals surface area contributed by atoms with Gasteiger partial charge in [-0.3, -0.25) is 14.5 Å². The smallest absolute Gasteiger partial charge is 0.250 e. The van der Waals surface area contributed by atoms with Gasteiger partial charge in [0.05, 0.1) is 18.1 Å². The molecule has 1 saturated heterocycles. The van der Waals surface area contributed by atoms with Crippen molar-refractivity contribution in [2.24, 2.45) is 0 Å². The molecule has 0 aliphatic carbocycles. The fourth-order valence-corrected chi connectivity index (χ4v) is 5.07. The highest BCUT2D eigenvalue weighted by atomic mass is 32.2. The highest BCUT2D eigenvalue weighted by Crippen LogP contribution is 2.25. The first kappa shape index (κ1) is 22.0. The topological polar surface area (TPSA) is 88.5 Å². The van der Waals surface area contributed by atoms with Crippen LogP contribution in [0.5, 0.6) is 0 Å². The number of anilines is 1. The molecule has 1 fully saturated rings. The summed E-state index contributed by atoms with van der Waals surface area (Å²) in [6.45, 7) is 1.09. The van der Waals surface area contributed by atoms with Gasteiger partial charge in [0.15, 0.2) is 9.84 Å². The second kappa shape index (κ2) is 9.50. The molecule has 1 aliphatic heterocycles. The minimum Gasteiger partial charge on any atom is -0.324 e. The summed E-state index contributed by atoms with van der Waals surface area (Å²) < 4.78 is 25.3. The van der Waals surface area contributed by atoms with E-state index in [0.29, 0.717) is 25.3 Å². The lowest BCUT2D eigenvalue weighted by atomic mass is 10.0. The van der Waals surface area contributed by atoms with Gasteiger partial charge in [0.1, 0.15) is 6.04 Å². The van der Waals surface area contributed by atoms with Gasteiger partial charge in [-0.25, -0.2) is 8.42 Å². The summed E-state index contributed by atoms with van der Waals surface area (Å²) in [7, 11) is -3.05. The molecule has 166 valence electrons. The molecule has 0 bridgehead atoms. The molecular weight excluding hydrogens is 426 g/mol. The number of nitrogens with zero attached hydrogens (tertiary/aromatic N) is 2. The van der Waals surface area contributed by atoms with Crippen molar-refractivity contribution in [1.82, 2.24) is 9.47 Å². The molecular formula is C24H25N3O4S. The number of benzene rings is 2. The van der Waals surface area contributed by atoms with Crippen LogP contribution < -0.4 is 10.9 Å². The Kier molecular flexibility index (Phi) is 6.53. The van der Waals surface area contributed by atoms with Crippen molar-refractivity contribution in [3.05, 3.63) is 100 Å². The monoisotopic (exact) mass is 451 g/mol. The molecule has 3 aromatic rings. The van der Waals surface area contributed by atoms with Gasteiger partial charge in [0.2, 0.25) is 5.91 Å². The summed E-state index contributed by atoms with van der Waals surface area (Å²) >= 11 is 0. The van der Waals surface area contributed by atoms with Crippen LogP contribution in [-0.4, -0.2) is 48.4 Å². The molecule has 2 heterocycles. The maximum Gasteiger partial charge on any atom is 0.250 e. The standard InChI is InChI=1S/C24H25N3O4S/c28-22-8-4-5-13-27(22)18-19-9-11-21(12-10-19)25-24(29)23(20-6-2-1-3-7-20)26-14-16-32(30,31)17-15-26/h1-13,23H,14-18H2,(H,25,29). The number of hydrogen-bond donors (Lipinski definition) is 1. The van der Waals surface area contributed by atoms with Crippen molar-refractivity contribution >= 4 is 21.4 Å². The molecule has 0 radical (unpaired) electrons. The first-order valence-electron chi connectivity index (χ1n) is 10.5. The maximum atomic E-state index is 13.2. The zero-order valence-electron chi connectivity index (χ0n) is 17.6. The molecule has 8 heteroatoms. The lowest BCUT2D eigenvalue weighted by Crippen LogP contribution is -2.46. The maximum absolute atomic E-state index is 13.2. The Bertz CT molecular complexity index is 1220. The van der Waals surface area contributed by atoms with Gasteiger partial charge in [0, 0.05) is 31.0 Å². The molecule has 0 spiro atoms. The van der Waals surface area contributed by atoms with Crippen LogP contribution >= 0.6 is 0 Å². The van der Waals surface area contributed by atoms with Crippen molar-refractivity contribution in [3.8, 4) is 0 Å². The summed E-state index contributed by atoms with van der Waals surface area (Å²) in [5.74, 6) is -0.101. The largest absolute Gasteiger partial charge is 0.324 e. The molecule has 1 aliphatic rings. The van der Waals surface area contributed by atoms with Gasteiger partial charge < -0.3 is 9.88 Å². The number of rotatable bonds is 6. The van der Waals surface area contributed by atoms with E-state index in [-0.39, 0.29) is 23.0 Å². The summed E-state index contributed by atoms with van der Waals surface area (Å²) in [5.41, 5.74) is 2.34.